The molecule has 5 heteroatoms. The standard InChI is InChI=1S/C27H33N3O2/c1-3-10-25-28-24-14-9-8-13-23(24)27(32)30(25)19-20-15-17-29(18-16-20)26(31)22(4-2)21-11-6-5-7-12-21/h5-9,11-14,20,22H,3-4,10,15-19H2,1-2H3. The Bertz CT molecular complexity index is 1110. The number of amides is 1. The SMILES string of the molecule is CCCc1nc2ccccc2c(=O)n1CC1CCN(C(=O)C(CC)c2ccccc2)CC1. The summed E-state index contributed by atoms with van der Waals surface area (Å²) in [6, 6.07) is 17.7. The van der Waals surface area contributed by atoms with Gasteiger partial charge in [-0.3, -0.25) is 14.2 Å². The van der Waals surface area contributed by atoms with Gasteiger partial charge in [0.1, 0.15) is 5.82 Å². The van der Waals surface area contributed by atoms with E-state index in [1.165, 1.54) is 0 Å². The molecule has 1 saturated heterocycles. The molecule has 1 aliphatic heterocycles. The van der Waals surface area contributed by atoms with Crippen LogP contribution in [0.15, 0.2) is 59.4 Å². The first-order valence-corrected chi connectivity index (χ1v) is 11.9. The van der Waals surface area contributed by atoms with E-state index in [0.717, 1.165) is 62.1 Å². The largest absolute Gasteiger partial charge is 0.342 e. The minimum atomic E-state index is -0.0729. The summed E-state index contributed by atoms with van der Waals surface area (Å²) in [7, 11) is 0. The van der Waals surface area contributed by atoms with Crippen molar-refractivity contribution in [3.8, 4) is 0 Å². The molecule has 0 spiro atoms. The lowest BCUT2D eigenvalue weighted by molar-refractivity contribution is -0.134. The van der Waals surface area contributed by atoms with Gasteiger partial charge in [0.2, 0.25) is 5.91 Å². The predicted octanol–water partition coefficient (Wildman–Crippen LogP) is 4.78. The van der Waals surface area contributed by atoms with Crippen LogP contribution in [0.4, 0.5) is 0 Å². The number of carbonyl (C=O) groups excluding carboxylic acids is 1. The van der Waals surface area contributed by atoms with Gasteiger partial charge in [-0.05, 0) is 49.3 Å². The zero-order valence-corrected chi connectivity index (χ0v) is 19.2. The number of hydrogen-bond acceptors (Lipinski definition) is 3. The van der Waals surface area contributed by atoms with Gasteiger partial charge in [0, 0.05) is 26.1 Å². The van der Waals surface area contributed by atoms with Crippen LogP contribution >= 0.6 is 0 Å². The van der Waals surface area contributed by atoms with E-state index in [9.17, 15) is 9.59 Å². The zero-order chi connectivity index (χ0) is 22.5. The number of para-hydroxylation sites is 1. The lowest BCUT2D eigenvalue weighted by atomic mass is 9.92. The third-order valence-corrected chi connectivity index (χ3v) is 6.69. The van der Waals surface area contributed by atoms with Crippen molar-refractivity contribution >= 4 is 16.8 Å². The molecule has 2 heterocycles. The smallest absolute Gasteiger partial charge is 0.261 e. The first-order valence-electron chi connectivity index (χ1n) is 11.9. The van der Waals surface area contributed by atoms with Gasteiger partial charge in [-0.2, -0.15) is 0 Å². The first kappa shape index (κ1) is 22.3. The van der Waals surface area contributed by atoms with E-state index >= 15 is 0 Å². The van der Waals surface area contributed by atoms with Crippen LogP contribution in [0.3, 0.4) is 0 Å². The van der Waals surface area contributed by atoms with Crippen LogP contribution in [-0.2, 0) is 17.8 Å². The fourth-order valence-electron chi connectivity index (χ4n) is 4.87. The van der Waals surface area contributed by atoms with Crippen LogP contribution in [0, 0.1) is 5.92 Å². The summed E-state index contributed by atoms with van der Waals surface area (Å²) >= 11 is 0. The number of likely N-dealkylation sites (tertiary alicyclic amines) is 1. The summed E-state index contributed by atoms with van der Waals surface area (Å²) in [6.07, 6.45) is 4.40. The lowest BCUT2D eigenvalue weighted by Crippen LogP contribution is -2.42. The molecule has 32 heavy (non-hydrogen) atoms. The van der Waals surface area contributed by atoms with Gasteiger partial charge in [0.15, 0.2) is 0 Å². The third-order valence-electron chi connectivity index (χ3n) is 6.69. The molecule has 0 N–H and O–H groups in total. The first-order chi connectivity index (χ1) is 15.6. The molecular formula is C27H33N3O2. The highest BCUT2D eigenvalue weighted by molar-refractivity contribution is 5.83. The molecule has 2 aromatic carbocycles. The minimum absolute atomic E-state index is 0.0627. The second kappa shape index (κ2) is 10.1. The van der Waals surface area contributed by atoms with Crippen molar-refractivity contribution in [2.24, 2.45) is 5.92 Å². The number of fused-ring (bicyclic) bond motifs is 1. The van der Waals surface area contributed by atoms with E-state index in [2.05, 4.69) is 13.8 Å². The van der Waals surface area contributed by atoms with Crippen molar-refractivity contribution in [2.45, 2.75) is 58.4 Å². The molecule has 1 aliphatic rings. The maximum absolute atomic E-state index is 13.2. The Morgan fingerprint density at radius 1 is 1.03 bits per heavy atom. The number of aryl methyl sites for hydroxylation is 1. The van der Waals surface area contributed by atoms with E-state index in [0.29, 0.717) is 17.8 Å². The Morgan fingerprint density at radius 3 is 2.41 bits per heavy atom. The molecule has 0 radical (unpaired) electrons. The Labute approximate surface area is 190 Å². The van der Waals surface area contributed by atoms with Gasteiger partial charge in [0.25, 0.3) is 5.56 Å². The Hall–Kier alpha value is -2.95. The molecule has 0 bridgehead atoms. The summed E-state index contributed by atoms with van der Waals surface area (Å²) in [6.45, 7) is 6.39. The fraction of sp³-hybridized carbons (Fsp3) is 0.444. The van der Waals surface area contributed by atoms with Crippen LogP contribution in [0.1, 0.15) is 56.8 Å². The zero-order valence-electron chi connectivity index (χ0n) is 19.2. The summed E-state index contributed by atoms with van der Waals surface area (Å²) in [4.78, 5) is 33.2. The maximum atomic E-state index is 13.2. The summed E-state index contributed by atoms with van der Waals surface area (Å²) in [5.74, 6) is 1.42. The predicted molar refractivity (Wildman–Crippen MR) is 129 cm³/mol. The molecule has 1 fully saturated rings. The van der Waals surface area contributed by atoms with Gasteiger partial charge in [-0.15, -0.1) is 0 Å². The molecule has 4 rings (SSSR count). The molecule has 1 amide bonds. The molecule has 3 aromatic rings. The van der Waals surface area contributed by atoms with Gasteiger partial charge >= 0.3 is 0 Å². The normalized spacial score (nSPS) is 15.8. The van der Waals surface area contributed by atoms with E-state index in [-0.39, 0.29) is 17.4 Å². The summed E-state index contributed by atoms with van der Waals surface area (Å²) in [5.41, 5.74) is 1.94. The molecule has 1 aromatic heterocycles. The Kier molecular flexibility index (Phi) is 7.03. The number of piperidine rings is 1. The highest BCUT2D eigenvalue weighted by Crippen LogP contribution is 2.26. The Morgan fingerprint density at radius 2 is 1.72 bits per heavy atom. The van der Waals surface area contributed by atoms with Gasteiger partial charge in [-0.1, -0.05) is 56.3 Å². The second-order valence-electron chi connectivity index (χ2n) is 8.85. The van der Waals surface area contributed by atoms with E-state index < -0.39 is 0 Å². The van der Waals surface area contributed by atoms with Crippen LogP contribution in [0.5, 0.6) is 0 Å². The van der Waals surface area contributed by atoms with Crippen LogP contribution < -0.4 is 5.56 Å². The number of hydrogen-bond donors (Lipinski definition) is 0. The minimum Gasteiger partial charge on any atom is -0.342 e. The van der Waals surface area contributed by atoms with Crippen molar-refractivity contribution in [2.75, 3.05) is 13.1 Å². The quantitative estimate of drug-likeness (QED) is 0.541. The topological polar surface area (TPSA) is 55.2 Å². The van der Waals surface area contributed by atoms with Crippen molar-refractivity contribution in [1.82, 2.24) is 14.5 Å². The molecule has 1 atom stereocenters. The van der Waals surface area contributed by atoms with Crippen LogP contribution in [-0.4, -0.2) is 33.4 Å². The monoisotopic (exact) mass is 431 g/mol. The second-order valence-corrected chi connectivity index (χ2v) is 8.85. The average molecular weight is 432 g/mol. The number of nitrogens with zero attached hydrogens (tertiary/aromatic N) is 3. The number of carbonyl (C=O) groups is 1. The fourth-order valence-corrected chi connectivity index (χ4v) is 4.87. The third kappa shape index (κ3) is 4.62. The van der Waals surface area contributed by atoms with Gasteiger partial charge < -0.3 is 4.90 Å². The van der Waals surface area contributed by atoms with E-state index in [4.69, 9.17) is 4.98 Å². The maximum Gasteiger partial charge on any atom is 0.261 e. The summed E-state index contributed by atoms with van der Waals surface area (Å²) in [5, 5.41) is 0.689. The van der Waals surface area contributed by atoms with Crippen LogP contribution in [0.2, 0.25) is 0 Å². The van der Waals surface area contributed by atoms with E-state index in [1.807, 2.05) is 64.1 Å². The van der Waals surface area contributed by atoms with Gasteiger partial charge in [0.05, 0.1) is 16.8 Å². The molecule has 1 unspecified atom stereocenters. The highest BCUT2D eigenvalue weighted by atomic mass is 16.2. The number of rotatable bonds is 7. The molecule has 5 nitrogen and oxygen atoms in total. The average Bonchev–Trinajstić information content (AvgIpc) is 2.83. The number of benzene rings is 2. The van der Waals surface area contributed by atoms with Crippen molar-refractivity contribution in [1.29, 1.82) is 0 Å². The van der Waals surface area contributed by atoms with Crippen LogP contribution in [0.25, 0.3) is 10.9 Å². The van der Waals surface area contributed by atoms with E-state index in [1.54, 1.807) is 0 Å². The van der Waals surface area contributed by atoms with Crippen molar-refractivity contribution < 1.29 is 4.79 Å². The molecule has 0 saturated carbocycles. The summed E-state index contributed by atoms with van der Waals surface area (Å²) < 4.78 is 1.90. The number of aromatic nitrogens is 2. The Balaban J connectivity index is 1.47. The molecule has 0 aliphatic carbocycles. The molecular weight excluding hydrogens is 398 g/mol. The lowest BCUT2D eigenvalue weighted by Gasteiger charge is -2.34. The highest BCUT2D eigenvalue weighted by Gasteiger charge is 2.29. The van der Waals surface area contributed by atoms with Crippen molar-refractivity contribution in [3.05, 3.63) is 76.3 Å². The van der Waals surface area contributed by atoms with Gasteiger partial charge in [-0.25, -0.2) is 4.98 Å². The van der Waals surface area contributed by atoms with Crippen molar-refractivity contribution in [3.63, 3.8) is 0 Å². The molecule has 168 valence electrons.